The number of halogens is 1. The SMILES string of the molecule is CCC1CCCN1S(=O)(=O)c1cc(F)ccc1CO. The molecule has 1 aromatic carbocycles. The highest BCUT2D eigenvalue weighted by Gasteiger charge is 2.35. The zero-order valence-electron chi connectivity index (χ0n) is 10.8. The van der Waals surface area contributed by atoms with Crippen LogP contribution in [0.1, 0.15) is 31.7 Å². The van der Waals surface area contributed by atoms with E-state index in [-0.39, 0.29) is 16.5 Å². The van der Waals surface area contributed by atoms with Gasteiger partial charge in [-0.05, 0) is 37.0 Å². The smallest absolute Gasteiger partial charge is 0.243 e. The Labute approximate surface area is 112 Å². The molecule has 0 aliphatic carbocycles. The third-order valence-corrected chi connectivity index (χ3v) is 5.61. The number of rotatable bonds is 4. The summed E-state index contributed by atoms with van der Waals surface area (Å²) in [5.41, 5.74) is 0.239. The fraction of sp³-hybridized carbons (Fsp3) is 0.538. The minimum Gasteiger partial charge on any atom is -0.392 e. The normalized spacial score (nSPS) is 20.9. The summed E-state index contributed by atoms with van der Waals surface area (Å²) in [7, 11) is -3.73. The molecule has 19 heavy (non-hydrogen) atoms. The predicted molar refractivity (Wildman–Crippen MR) is 69.5 cm³/mol. The fourth-order valence-electron chi connectivity index (χ4n) is 2.56. The summed E-state index contributed by atoms with van der Waals surface area (Å²) in [6.45, 7) is 1.98. The lowest BCUT2D eigenvalue weighted by molar-refractivity contribution is 0.277. The van der Waals surface area contributed by atoms with Crippen LogP contribution in [-0.4, -0.2) is 30.4 Å². The number of sulfonamides is 1. The van der Waals surface area contributed by atoms with E-state index in [2.05, 4.69) is 0 Å². The summed E-state index contributed by atoms with van der Waals surface area (Å²) in [5, 5.41) is 9.23. The van der Waals surface area contributed by atoms with Gasteiger partial charge in [0.25, 0.3) is 0 Å². The standard InChI is InChI=1S/C13H18FNO3S/c1-2-12-4-3-7-15(12)19(17,18)13-8-11(14)6-5-10(13)9-16/h5-6,8,12,16H,2-4,7,9H2,1H3. The molecule has 0 bridgehead atoms. The van der Waals surface area contributed by atoms with Crippen LogP contribution in [0, 0.1) is 5.82 Å². The molecule has 0 saturated carbocycles. The summed E-state index contributed by atoms with van der Waals surface area (Å²) in [5.74, 6) is -0.608. The predicted octanol–water partition coefficient (Wildman–Crippen LogP) is 1.88. The summed E-state index contributed by atoms with van der Waals surface area (Å²) in [6.07, 6.45) is 2.39. The molecular weight excluding hydrogens is 269 g/mol. The minimum absolute atomic E-state index is 0.0280. The Hall–Kier alpha value is -0.980. The topological polar surface area (TPSA) is 57.6 Å². The van der Waals surface area contributed by atoms with Gasteiger partial charge in [0.2, 0.25) is 10.0 Å². The molecule has 0 amide bonds. The molecule has 2 rings (SSSR count). The van der Waals surface area contributed by atoms with Crippen LogP contribution in [0.5, 0.6) is 0 Å². The lowest BCUT2D eigenvalue weighted by atomic mass is 10.2. The van der Waals surface area contributed by atoms with Crippen LogP contribution in [0.2, 0.25) is 0 Å². The van der Waals surface area contributed by atoms with E-state index in [1.54, 1.807) is 0 Å². The maximum atomic E-state index is 13.3. The molecular formula is C13H18FNO3S. The average Bonchev–Trinajstić information content (AvgIpc) is 2.87. The first-order valence-electron chi connectivity index (χ1n) is 6.41. The molecule has 1 heterocycles. The zero-order chi connectivity index (χ0) is 14.0. The van der Waals surface area contributed by atoms with Crippen LogP contribution < -0.4 is 0 Å². The van der Waals surface area contributed by atoms with Crippen molar-refractivity contribution >= 4 is 10.0 Å². The number of benzene rings is 1. The van der Waals surface area contributed by atoms with Crippen molar-refractivity contribution < 1.29 is 17.9 Å². The fourth-order valence-corrected chi connectivity index (χ4v) is 4.55. The number of aliphatic hydroxyl groups excluding tert-OH is 1. The van der Waals surface area contributed by atoms with Crippen molar-refractivity contribution in [2.24, 2.45) is 0 Å². The molecule has 0 spiro atoms. The van der Waals surface area contributed by atoms with Gasteiger partial charge in [-0.25, -0.2) is 12.8 Å². The van der Waals surface area contributed by atoms with Crippen molar-refractivity contribution in [3.63, 3.8) is 0 Å². The van der Waals surface area contributed by atoms with E-state index in [0.717, 1.165) is 31.4 Å². The molecule has 6 heteroatoms. The van der Waals surface area contributed by atoms with Crippen molar-refractivity contribution in [1.82, 2.24) is 4.31 Å². The van der Waals surface area contributed by atoms with Gasteiger partial charge in [0.1, 0.15) is 5.82 Å². The molecule has 4 nitrogen and oxygen atoms in total. The van der Waals surface area contributed by atoms with Gasteiger partial charge < -0.3 is 5.11 Å². The molecule has 1 unspecified atom stereocenters. The lowest BCUT2D eigenvalue weighted by Gasteiger charge is -2.24. The van der Waals surface area contributed by atoms with Gasteiger partial charge in [-0.2, -0.15) is 4.31 Å². The van der Waals surface area contributed by atoms with Crippen LogP contribution >= 0.6 is 0 Å². The molecule has 0 radical (unpaired) electrons. The second kappa shape index (κ2) is 5.56. The first-order valence-corrected chi connectivity index (χ1v) is 7.85. The van der Waals surface area contributed by atoms with Crippen LogP contribution in [-0.2, 0) is 16.6 Å². The van der Waals surface area contributed by atoms with E-state index in [9.17, 15) is 17.9 Å². The van der Waals surface area contributed by atoms with Crippen LogP contribution in [0.25, 0.3) is 0 Å². The first kappa shape index (κ1) is 14.4. The highest BCUT2D eigenvalue weighted by molar-refractivity contribution is 7.89. The van der Waals surface area contributed by atoms with Gasteiger partial charge in [-0.1, -0.05) is 13.0 Å². The van der Waals surface area contributed by atoms with Crippen molar-refractivity contribution in [2.75, 3.05) is 6.54 Å². The van der Waals surface area contributed by atoms with E-state index >= 15 is 0 Å². The summed E-state index contributed by atoms with van der Waals surface area (Å²) in [4.78, 5) is -0.115. The Morgan fingerprint density at radius 3 is 2.84 bits per heavy atom. The summed E-state index contributed by atoms with van der Waals surface area (Å²) < 4.78 is 39.9. The molecule has 0 aromatic heterocycles. The molecule has 1 fully saturated rings. The van der Waals surface area contributed by atoms with Gasteiger partial charge in [0.05, 0.1) is 11.5 Å². The van der Waals surface area contributed by atoms with Crippen LogP contribution in [0.3, 0.4) is 0 Å². The molecule has 1 aliphatic rings. The Kier molecular flexibility index (Phi) is 4.23. The molecule has 106 valence electrons. The first-order chi connectivity index (χ1) is 9.00. The van der Waals surface area contributed by atoms with E-state index < -0.39 is 22.4 Å². The van der Waals surface area contributed by atoms with Gasteiger partial charge in [-0.15, -0.1) is 0 Å². The van der Waals surface area contributed by atoms with Gasteiger partial charge >= 0.3 is 0 Å². The van der Waals surface area contributed by atoms with Crippen molar-refractivity contribution in [1.29, 1.82) is 0 Å². The van der Waals surface area contributed by atoms with Crippen LogP contribution in [0.4, 0.5) is 4.39 Å². The Bertz CT molecular complexity index is 559. The third-order valence-electron chi connectivity index (χ3n) is 3.58. The lowest BCUT2D eigenvalue weighted by Crippen LogP contribution is -2.35. The van der Waals surface area contributed by atoms with E-state index in [1.807, 2.05) is 6.92 Å². The number of hydrogen-bond donors (Lipinski definition) is 1. The number of hydrogen-bond acceptors (Lipinski definition) is 3. The van der Waals surface area contributed by atoms with Crippen LogP contribution in [0.15, 0.2) is 23.1 Å². The van der Waals surface area contributed by atoms with Gasteiger partial charge in [-0.3, -0.25) is 0 Å². The molecule has 1 saturated heterocycles. The molecule has 1 N–H and O–H groups in total. The molecule has 1 atom stereocenters. The second-order valence-corrected chi connectivity index (χ2v) is 6.59. The highest BCUT2D eigenvalue weighted by Crippen LogP contribution is 2.29. The van der Waals surface area contributed by atoms with Crippen molar-refractivity contribution in [3.05, 3.63) is 29.6 Å². The number of aliphatic hydroxyl groups is 1. The minimum atomic E-state index is -3.73. The quantitative estimate of drug-likeness (QED) is 0.920. The van der Waals surface area contributed by atoms with E-state index in [1.165, 1.54) is 10.4 Å². The maximum absolute atomic E-state index is 13.3. The Morgan fingerprint density at radius 2 is 2.21 bits per heavy atom. The number of nitrogens with zero attached hydrogens (tertiary/aromatic N) is 1. The highest BCUT2D eigenvalue weighted by atomic mass is 32.2. The van der Waals surface area contributed by atoms with Crippen molar-refractivity contribution in [2.45, 2.75) is 43.7 Å². The second-order valence-electron chi connectivity index (χ2n) is 4.73. The average molecular weight is 287 g/mol. The van der Waals surface area contributed by atoms with Gasteiger partial charge in [0.15, 0.2) is 0 Å². The Balaban J connectivity index is 2.47. The summed E-state index contributed by atoms with van der Waals surface area (Å²) >= 11 is 0. The van der Waals surface area contributed by atoms with Gasteiger partial charge in [0, 0.05) is 12.6 Å². The molecule has 1 aliphatic heterocycles. The summed E-state index contributed by atoms with van der Waals surface area (Å²) in [6, 6.07) is 3.44. The largest absolute Gasteiger partial charge is 0.392 e. The third kappa shape index (κ3) is 2.66. The monoisotopic (exact) mass is 287 g/mol. The Morgan fingerprint density at radius 1 is 1.47 bits per heavy atom. The van der Waals surface area contributed by atoms with E-state index in [0.29, 0.717) is 6.54 Å². The van der Waals surface area contributed by atoms with Crippen molar-refractivity contribution in [3.8, 4) is 0 Å². The maximum Gasteiger partial charge on any atom is 0.243 e. The zero-order valence-corrected chi connectivity index (χ0v) is 11.7. The van der Waals surface area contributed by atoms with E-state index in [4.69, 9.17) is 0 Å². The molecule has 1 aromatic rings.